The van der Waals surface area contributed by atoms with E-state index in [0.29, 0.717) is 13.1 Å². The number of carbonyl (C=O) groups is 1. The molecular weight excluding hydrogens is 348 g/mol. The summed E-state index contributed by atoms with van der Waals surface area (Å²) in [6.07, 6.45) is 5.49. The standard InChI is InChI=1S/C16H24N2O4S2/c1-22-13-5-2-7-16(13)8-4-9-18(12-16)14(19)11-17-24(20,21)15-6-3-10-23-15/h3,6,10,13,17H,2,4-5,7-9,11-12H2,1H3/t13-,16+/m1/s1. The van der Waals surface area contributed by atoms with Crippen LogP contribution in [-0.4, -0.2) is 52.1 Å². The zero-order valence-corrected chi connectivity index (χ0v) is 15.5. The number of piperidine rings is 1. The number of nitrogens with one attached hydrogen (secondary N) is 1. The number of rotatable bonds is 5. The first-order chi connectivity index (χ1) is 11.5. The smallest absolute Gasteiger partial charge is 0.250 e. The summed E-state index contributed by atoms with van der Waals surface area (Å²) in [7, 11) is -1.85. The molecule has 2 atom stereocenters. The Hall–Kier alpha value is -0.960. The highest BCUT2D eigenvalue weighted by Gasteiger charge is 2.46. The summed E-state index contributed by atoms with van der Waals surface area (Å²) in [5.74, 6) is -0.157. The van der Waals surface area contributed by atoms with E-state index in [1.807, 2.05) is 0 Å². The summed E-state index contributed by atoms with van der Waals surface area (Å²) in [6.45, 7) is 1.18. The van der Waals surface area contributed by atoms with Gasteiger partial charge in [-0.15, -0.1) is 11.3 Å². The summed E-state index contributed by atoms with van der Waals surface area (Å²) in [6, 6.07) is 3.22. The maximum Gasteiger partial charge on any atom is 0.250 e. The molecule has 0 bridgehead atoms. The maximum absolute atomic E-state index is 12.5. The second kappa shape index (κ2) is 7.11. The molecule has 6 nitrogen and oxygen atoms in total. The summed E-state index contributed by atoms with van der Waals surface area (Å²) in [5.41, 5.74) is 0.0509. The number of likely N-dealkylation sites (tertiary alicyclic amines) is 1. The first kappa shape index (κ1) is 17.8. The van der Waals surface area contributed by atoms with Crippen molar-refractivity contribution in [2.75, 3.05) is 26.7 Å². The van der Waals surface area contributed by atoms with E-state index in [1.54, 1.807) is 23.5 Å². The Labute approximate surface area is 147 Å². The molecule has 0 unspecified atom stereocenters. The molecule has 1 aliphatic carbocycles. The number of sulfonamides is 1. The van der Waals surface area contributed by atoms with Gasteiger partial charge in [-0.1, -0.05) is 12.5 Å². The fourth-order valence-electron chi connectivity index (χ4n) is 4.07. The molecule has 1 aromatic heterocycles. The number of ether oxygens (including phenoxy) is 1. The van der Waals surface area contributed by atoms with Crippen LogP contribution in [0.2, 0.25) is 0 Å². The van der Waals surface area contributed by atoms with Crippen molar-refractivity contribution in [1.82, 2.24) is 9.62 Å². The van der Waals surface area contributed by atoms with Crippen LogP contribution in [0.25, 0.3) is 0 Å². The third-order valence-corrected chi connectivity index (χ3v) is 8.04. The topological polar surface area (TPSA) is 75.7 Å². The Morgan fingerprint density at radius 1 is 1.46 bits per heavy atom. The van der Waals surface area contributed by atoms with Crippen LogP contribution in [-0.2, 0) is 19.6 Å². The third-order valence-electron chi connectivity index (χ3n) is 5.24. The number of carbonyl (C=O) groups excluding carboxylic acids is 1. The van der Waals surface area contributed by atoms with Crippen LogP contribution in [0, 0.1) is 5.41 Å². The van der Waals surface area contributed by atoms with Crippen LogP contribution in [0.3, 0.4) is 0 Å². The van der Waals surface area contributed by atoms with Crippen molar-refractivity contribution in [3.05, 3.63) is 17.5 Å². The van der Waals surface area contributed by atoms with Gasteiger partial charge in [0.05, 0.1) is 12.6 Å². The molecule has 3 rings (SSSR count). The molecule has 8 heteroatoms. The van der Waals surface area contributed by atoms with Gasteiger partial charge in [-0.2, -0.15) is 0 Å². The lowest BCUT2D eigenvalue weighted by atomic mass is 9.76. The highest BCUT2D eigenvalue weighted by Crippen LogP contribution is 2.46. The van der Waals surface area contributed by atoms with Crippen molar-refractivity contribution in [3.63, 3.8) is 0 Å². The Morgan fingerprint density at radius 2 is 2.25 bits per heavy atom. The van der Waals surface area contributed by atoms with Gasteiger partial charge in [-0.25, -0.2) is 13.1 Å². The minimum atomic E-state index is -3.60. The average Bonchev–Trinajstić information content (AvgIpc) is 3.23. The van der Waals surface area contributed by atoms with E-state index in [0.717, 1.165) is 43.4 Å². The molecule has 2 fully saturated rings. The molecule has 24 heavy (non-hydrogen) atoms. The van der Waals surface area contributed by atoms with Gasteiger partial charge in [0, 0.05) is 25.6 Å². The van der Waals surface area contributed by atoms with Crippen molar-refractivity contribution < 1.29 is 17.9 Å². The molecule has 2 aliphatic rings. The fraction of sp³-hybridized carbons (Fsp3) is 0.688. The molecule has 1 amide bonds. The first-order valence-corrected chi connectivity index (χ1v) is 10.7. The van der Waals surface area contributed by atoms with Crippen molar-refractivity contribution in [2.45, 2.75) is 42.4 Å². The summed E-state index contributed by atoms with van der Waals surface area (Å²) in [4.78, 5) is 14.3. The van der Waals surface area contributed by atoms with E-state index < -0.39 is 10.0 Å². The monoisotopic (exact) mass is 372 g/mol. The second-order valence-corrected chi connectivity index (χ2v) is 9.60. The van der Waals surface area contributed by atoms with Crippen LogP contribution in [0.4, 0.5) is 0 Å². The largest absolute Gasteiger partial charge is 0.381 e. The zero-order valence-electron chi connectivity index (χ0n) is 13.9. The van der Waals surface area contributed by atoms with Gasteiger partial charge < -0.3 is 9.64 Å². The first-order valence-electron chi connectivity index (χ1n) is 8.31. The minimum absolute atomic E-state index is 0.0509. The SMILES string of the molecule is CO[C@@H]1CCC[C@@]12CCCN(C(=O)CNS(=O)(=O)c1cccs1)C2. The molecule has 2 heterocycles. The number of thiophene rings is 1. The normalized spacial score (nSPS) is 27.7. The van der Waals surface area contributed by atoms with Crippen LogP contribution < -0.4 is 4.72 Å². The Morgan fingerprint density at radius 3 is 2.96 bits per heavy atom. The minimum Gasteiger partial charge on any atom is -0.381 e. The lowest BCUT2D eigenvalue weighted by Crippen LogP contribution is -2.51. The predicted molar refractivity (Wildman–Crippen MR) is 92.4 cm³/mol. The van der Waals surface area contributed by atoms with E-state index in [4.69, 9.17) is 4.74 Å². The molecule has 1 aromatic rings. The third kappa shape index (κ3) is 3.51. The number of hydrogen-bond donors (Lipinski definition) is 1. The summed E-state index contributed by atoms with van der Waals surface area (Å²) >= 11 is 1.14. The molecule has 1 N–H and O–H groups in total. The second-order valence-electron chi connectivity index (χ2n) is 6.65. The number of nitrogens with zero attached hydrogens (tertiary/aromatic N) is 1. The van der Waals surface area contributed by atoms with Crippen molar-refractivity contribution in [3.8, 4) is 0 Å². The molecule has 0 aromatic carbocycles. The quantitative estimate of drug-likeness (QED) is 0.856. The average molecular weight is 373 g/mol. The van der Waals surface area contributed by atoms with Crippen LogP contribution >= 0.6 is 11.3 Å². The van der Waals surface area contributed by atoms with Gasteiger partial charge in [0.15, 0.2) is 0 Å². The molecule has 0 radical (unpaired) electrons. The lowest BCUT2D eigenvalue weighted by molar-refractivity contribution is -0.136. The van der Waals surface area contributed by atoms with Gasteiger partial charge in [0.1, 0.15) is 4.21 Å². The van der Waals surface area contributed by atoms with Crippen molar-refractivity contribution in [2.24, 2.45) is 5.41 Å². The van der Waals surface area contributed by atoms with Crippen molar-refractivity contribution >= 4 is 27.3 Å². The van der Waals surface area contributed by atoms with Gasteiger partial charge in [-0.3, -0.25) is 4.79 Å². The van der Waals surface area contributed by atoms with E-state index in [-0.39, 0.29) is 28.2 Å². The Kier molecular flexibility index (Phi) is 5.29. The van der Waals surface area contributed by atoms with E-state index in [2.05, 4.69) is 4.72 Å². The van der Waals surface area contributed by atoms with Crippen molar-refractivity contribution in [1.29, 1.82) is 0 Å². The molecule has 1 saturated carbocycles. The molecular formula is C16H24N2O4S2. The van der Waals surface area contributed by atoms with E-state index in [9.17, 15) is 13.2 Å². The highest BCUT2D eigenvalue weighted by atomic mass is 32.2. The predicted octanol–water partition coefficient (Wildman–Crippen LogP) is 1.83. The van der Waals surface area contributed by atoms with Gasteiger partial charge in [0.25, 0.3) is 10.0 Å². The lowest BCUT2D eigenvalue weighted by Gasteiger charge is -2.43. The van der Waals surface area contributed by atoms with Gasteiger partial charge >= 0.3 is 0 Å². The molecule has 1 saturated heterocycles. The Balaban J connectivity index is 1.61. The summed E-state index contributed by atoms with van der Waals surface area (Å²) < 4.78 is 32.6. The molecule has 1 aliphatic heterocycles. The zero-order chi connectivity index (χ0) is 17.2. The Bertz CT molecular complexity index is 674. The summed E-state index contributed by atoms with van der Waals surface area (Å²) in [5, 5.41) is 1.70. The van der Waals surface area contributed by atoms with Crippen LogP contribution in [0.15, 0.2) is 21.7 Å². The van der Waals surface area contributed by atoms with E-state index >= 15 is 0 Å². The number of methoxy groups -OCH3 is 1. The molecule has 134 valence electrons. The van der Waals surface area contributed by atoms with Crippen LogP contribution in [0.5, 0.6) is 0 Å². The fourth-order valence-corrected chi connectivity index (χ4v) is 6.08. The van der Waals surface area contributed by atoms with Crippen LogP contribution in [0.1, 0.15) is 32.1 Å². The number of amides is 1. The maximum atomic E-state index is 12.5. The van der Waals surface area contributed by atoms with Gasteiger partial charge in [0.2, 0.25) is 5.91 Å². The number of hydrogen-bond acceptors (Lipinski definition) is 5. The highest BCUT2D eigenvalue weighted by molar-refractivity contribution is 7.91. The van der Waals surface area contributed by atoms with E-state index in [1.165, 1.54) is 6.07 Å². The molecule has 1 spiro atoms. The van der Waals surface area contributed by atoms with Gasteiger partial charge in [-0.05, 0) is 37.1 Å².